The number of carbonyl (C=O) groups excluding carboxylic acids is 1. The third-order valence-electron chi connectivity index (χ3n) is 4.96. The Morgan fingerprint density at radius 2 is 1.88 bits per heavy atom. The second-order valence-electron chi connectivity index (χ2n) is 6.61. The lowest BCUT2D eigenvalue weighted by molar-refractivity contribution is -0.122. The molecule has 1 amide bonds. The molecule has 0 bridgehead atoms. The molecule has 1 fully saturated rings. The summed E-state index contributed by atoms with van der Waals surface area (Å²) in [5.74, 6) is 0.144. The van der Waals surface area contributed by atoms with E-state index in [2.05, 4.69) is 22.3 Å². The molecule has 0 unspecified atom stereocenters. The number of halogens is 2. The molecule has 2 atom stereocenters. The number of amides is 1. The van der Waals surface area contributed by atoms with Crippen molar-refractivity contribution in [3.05, 3.63) is 35.4 Å². The van der Waals surface area contributed by atoms with Gasteiger partial charge in [-0.3, -0.25) is 4.79 Å². The fraction of sp³-hybridized carbons (Fsp3) is 0.611. The van der Waals surface area contributed by atoms with E-state index in [1.165, 1.54) is 43.5 Å². The van der Waals surface area contributed by atoms with Gasteiger partial charge in [-0.15, -0.1) is 24.8 Å². The Bertz CT molecular complexity index is 521. The topological polar surface area (TPSA) is 58.4 Å². The SMILES string of the molecule is Cl.Cl.N[C@H]1c2ccccc2C[C@@H]1NC(=O)CCCN1CCCCC1. The molecule has 0 radical (unpaired) electrons. The summed E-state index contributed by atoms with van der Waals surface area (Å²) >= 11 is 0. The largest absolute Gasteiger partial charge is 0.351 e. The second kappa shape index (κ2) is 10.2. The summed E-state index contributed by atoms with van der Waals surface area (Å²) in [6, 6.07) is 8.22. The first-order valence-corrected chi connectivity index (χ1v) is 8.59. The Kier molecular flexibility index (Phi) is 9.06. The van der Waals surface area contributed by atoms with Gasteiger partial charge in [0.2, 0.25) is 5.91 Å². The first kappa shape index (κ1) is 21.2. The zero-order valence-corrected chi connectivity index (χ0v) is 15.7. The molecule has 1 aromatic rings. The van der Waals surface area contributed by atoms with Crippen LogP contribution in [0.25, 0.3) is 0 Å². The number of nitrogens with two attached hydrogens (primary N) is 1. The molecule has 3 N–H and O–H groups in total. The molecular formula is C18H29Cl2N3O. The van der Waals surface area contributed by atoms with Crippen LogP contribution in [0.1, 0.15) is 49.3 Å². The maximum atomic E-state index is 12.2. The van der Waals surface area contributed by atoms with Gasteiger partial charge >= 0.3 is 0 Å². The fourth-order valence-corrected chi connectivity index (χ4v) is 3.69. The predicted molar refractivity (Wildman–Crippen MR) is 103 cm³/mol. The van der Waals surface area contributed by atoms with Crippen molar-refractivity contribution < 1.29 is 4.79 Å². The molecule has 0 aromatic heterocycles. The minimum atomic E-state index is -0.0674. The minimum absolute atomic E-state index is 0. The van der Waals surface area contributed by atoms with Crippen LogP contribution in [0.4, 0.5) is 0 Å². The van der Waals surface area contributed by atoms with Crippen molar-refractivity contribution in [1.29, 1.82) is 0 Å². The smallest absolute Gasteiger partial charge is 0.220 e. The van der Waals surface area contributed by atoms with E-state index in [1.807, 2.05) is 12.1 Å². The third kappa shape index (κ3) is 5.35. The van der Waals surface area contributed by atoms with Crippen LogP contribution in [0.5, 0.6) is 0 Å². The van der Waals surface area contributed by atoms with Crippen LogP contribution in [0, 0.1) is 0 Å². The van der Waals surface area contributed by atoms with Crippen molar-refractivity contribution in [3.63, 3.8) is 0 Å². The van der Waals surface area contributed by atoms with Crippen LogP contribution < -0.4 is 11.1 Å². The van der Waals surface area contributed by atoms with E-state index in [0.29, 0.717) is 6.42 Å². The lowest BCUT2D eigenvalue weighted by Gasteiger charge is -2.26. The van der Waals surface area contributed by atoms with E-state index in [9.17, 15) is 4.79 Å². The maximum absolute atomic E-state index is 12.2. The number of piperidine rings is 1. The number of fused-ring (bicyclic) bond motifs is 1. The molecule has 136 valence electrons. The summed E-state index contributed by atoms with van der Waals surface area (Å²) in [6.45, 7) is 3.44. The van der Waals surface area contributed by atoms with E-state index in [1.54, 1.807) is 0 Å². The summed E-state index contributed by atoms with van der Waals surface area (Å²) in [5.41, 5.74) is 8.71. The predicted octanol–water partition coefficient (Wildman–Crippen LogP) is 2.84. The number of carbonyl (C=O) groups is 1. The van der Waals surface area contributed by atoms with Crippen molar-refractivity contribution in [2.75, 3.05) is 19.6 Å². The highest BCUT2D eigenvalue weighted by atomic mass is 35.5. The quantitative estimate of drug-likeness (QED) is 0.833. The summed E-state index contributed by atoms with van der Waals surface area (Å²) in [5, 5.41) is 3.13. The number of hydrogen-bond donors (Lipinski definition) is 2. The van der Waals surface area contributed by atoms with Crippen LogP contribution in [0.2, 0.25) is 0 Å². The second-order valence-corrected chi connectivity index (χ2v) is 6.61. The molecular weight excluding hydrogens is 345 g/mol. The van der Waals surface area contributed by atoms with Gasteiger partial charge in [-0.2, -0.15) is 0 Å². The van der Waals surface area contributed by atoms with Crippen LogP contribution in [-0.4, -0.2) is 36.5 Å². The zero-order valence-electron chi connectivity index (χ0n) is 14.1. The van der Waals surface area contributed by atoms with Gasteiger partial charge in [-0.1, -0.05) is 30.7 Å². The molecule has 24 heavy (non-hydrogen) atoms. The number of hydrogen-bond acceptors (Lipinski definition) is 3. The van der Waals surface area contributed by atoms with E-state index in [0.717, 1.165) is 19.4 Å². The minimum Gasteiger partial charge on any atom is -0.351 e. The number of nitrogens with one attached hydrogen (secondary N) is 1. The van der Waals surface area contributed by atoms with Gasteiger partial charge in [0.25, 0.3) is 0 Å². The van der Waals surface area contributed by atoms with Crippen molar-refractivity contribution in [3.8, 4) is 0 Å². The molecule has 1 aromatic carbocycles. The fourth-order valence-electron chi connectivity index (χ4n) is 3.69. The Morgan fingerprint density at radius 3 is 2.58 bits per heavy atom. The lowest BCUT2D eigenvalue weighted by atomic mass is 10.1. The number of nitrogens with zero attached hydrogens (tertiary/aromatic N) is 1. The lowest BCUT2D eigenvalue weighted by Crippen LogP contribution is -2.41. The van der Waals surface area contributed by atoms with Gasteiger partial charge in [-0.05, 0) is 56.4 Å². The van der Waals surface area contributed by atoms with Gasteiger partial charge in [0, 0.05) is 6.42 Å². The van der Waals surface area contributed by atoms with Crippen molar-refractivity contribution in [1.82, 2.24) is 10.2 Å². The monoisotopic (exact) mass is 373 g/mol. The van der Waals surface area contributed by atoms with E-state index < -0.39 is 0 Å². The van der Waals surface area contributed by atoms with Crippen LogP contribution >= 0.6 is 24.8 Å². The first-order chi connectivity index (χ1) is 10.7. The van der Waals surface area contributed by atoms with Gasteiger partial charge in [0.1, 0.15) is 0 Å². The number of likely N-dealkylation sites (tertiary alicyclic amines) is 1. The van der Waals surface area contributed by atoms with E-state index >= 15 is 0 Å². The van der Waals surface area contributed by atoms with Gasteiger partial charge in [0.05, 0.1) is 12.1 Å². The molecule has 1 aliphatic heterocycles. The average Bonchev–Trinajstić information content (AvgIpc) is 2.85. The van der Waals surface area contributed by atoms with Crippen LogP contribution in [-0.2, 0) is 11.2 Å². The molecule has 1 aliphatic carbocycles. The Hall–Kier alpha value is -0.810. The molecule has 6 heteroatoms. The van der Waals surface area contributed by atoms with Crippen LogP contribution in [0.15, 0.2) is 24.3 Å². The normalized spacial score (nSPS) is 22.9. The highest BCUT2D eigenvalue weighted by Crippen LogP contribution is 2.29. The van der Waals surface area contributed by atoms with Gasteiger partial charge < -0.3 is 16.0 Å². The Morgan fingerprint density at radius 1 is 1.17 bits per heavy atom. The zero-order chi connectivity index (χ0) is 15.4. The van der Waals surface area contributed by atoms with Crippen molar-refractivity contribution in [2.45, 2.75) is 50.6 Å². The summed E-state index contributed by atoms with van der Waals surface area (Å²) in [6.07, 6.45) is 6.38. The molecule has 1 saturated heterocycles. The van der Waals surface area contributed by atoms with Crippen LogP contribution in [0.3, 0.4) is 0 Å². The number of rotatable bonds is 5. The first-order valence-electron chi connectivity index (χ1n) is 8.59. The summed E-state index contributed by atoms with van der Waals surface area (Å²) in [7, 11) is 0. The van der Waals surface area contributed by atoms with E-state index in [-0.39, 0.29) is 42.8 Å². The molecule has 3 rings (SSSR count). The summed E-state index contributed by atoms with van der Waals surface area (Å²) in [4.78, 5) is 14.6. The van der Waals surface area contributed by atoms with E-state index in [4.69, 9.17) is 5.73 Å². The molecule has 1 heterocycles. The van der Waals surface area contributed by atoms with Gasteiger partial charge in [0.15, 0.2) is 0 Å². The van der Waals surface area contributed by atoms with Crippen molar-refractivity contribution >= 4 is 30.7 Å². The maximum Gasteiger partial charge on any atom is 0.220 e. The third-order valence-corrected chi connectivity index (χ3v) is 4.96. The molecule has 2 aliphatic rings. The Balaban J connectivity index is 0.00000144. The highest BCUT2D eigenvalue weighted by molar-refractivity contribution is 5.85. The molecule has 4 nitrogen and oxygen atoms in total. The average molecular weight is 374 g/mol. The molecule has 0 spiro atoms. The highest BCUT2D eigenvalue weighted by Gasteiger charge is 2.30. The summed E-state index contributed by atoms with van der Waals surface area (Å²) < 4.78 is 0. The molecule has 0 saturated carbocycles. The van der Waals surface area contributed by atoms with Crippen molar-refractivity contribution in [2.24, 2.45) is 5.73 Å². The van der Waals surface area contributed by atoms with Gasteiger partial charge in [-0.25, -0.2) is 0 Å². The standard InChI is InChI=1S/C18H27N3O.2ClH/c19-18-15-8-3-2-7-14(15)13-16(18)20-17(22)9-6-12-21-10-4-1-5-11-21;;/h2-3,7-8,16,18H,1,4-6,9-13,19H2,(H,20,22);2*1H/t16-,18-;;/m0../s1. The number of benzene rings is 1. The Labute approximate surface area is 157 Å².